The third-order valence-corrected chi connectivity index (χ3v) is 5.41. The monoisotopic (exact) mass is 385 g/mol. The average molecular weight is 385 g/mol. The highest BCUT2D eigenvalue weighted by Crippen LogP contribution is 2.65. The third kappa shape index (κ3) is 2.76. The molecule has 0 amide bonds. The van der Waals surface area contributed by atoms with Gasteiger partial charge < -0.3 is 9.47 Å². The Kier molecular flexibility index (Phi) is 3.58. The van der Waals surface area contributed by atoms with Crippen molar-refractivity contribution in [1.29, 1.82) is 0 Å². The molecule has 4 heterocycles. The van der Waals surface area contributed by atoms with E-state index in [4.69, 9.17) is 0 Å². The van der Waals surface area contributed by atoms with Crippen LogP contribution >= 0.6 is 0 Å². The van der Waals surface area contributed by atoms with Crippen molar-refractivity contribution in [3.05, 3.63) is 53.3 Å². The smallest absolute Gasteiger partial charge is 0.258 e. The molecule has 10 heteroatoms. The van der Waals surface area contributed by atoms with E-state index in [0.717, 1.165) is 0 Å². The Morgan fingerprint density at radius 1 is 1.11 bits per heavy atom. The van der Waals surface area contributed by atoms with Crippen molar-refractivity contribution in [2.75, 3.05) is 18.0 Å². The van der Waals surface area contributed by atoms with E-state index in [-0.39, 0.29) is 12.0 Å². The first-order valence-electron chi connectivity index (χ1n) is 8.97. The quantitative estimate of drug-likeness (QED) is 0.661. The maximum Gasteiger partial charge on any atom is 0.258 e. The molecule has 0 atom stereocenters. The molecule has 0 N–H and O–H groups in total. The molecule has 1 aliphatic carbocycles. The van der Waals surface area contributed by atoms with Gasteiger partial charge in [0.15, 0.2) is 0 Å². The number of rotatable bonds is 5. The van der Waals surface area contributed by atoms with Gasteiger partial charge in [-0.2, -0.15) is 0 Å². The molecule has 144 valence electrons. The van der Waals surface area contributed by atoms with Crippen LogP contribution in [0.15, 0.2) is 47.8 Å². The zero-order chi connectivity index (χ0) is 19.4. The first kappa shape index (κ1) is 17.0. The van der Waals surface area contributed by atoms with E-state index in [2.05, 4.69) is 20.3 Å². The number of hydrogen-bond acceptors (Lipinski definition) is 6. The van der Waals surface area contributed by atoms with Crippen LogP contribution < -0.4 is 10.5 Å². The van der Waals surface area contributed by atoms with Crippen LogP contribution in [0.1, 0.15) is 6.42 Å². The predicted octanol–water partition coefficient (Wildman–Crippen LogP) is 1.44. The molecule has 1 aliphatic heterocycles. The molecule has 0 bridgehead atoms. The number of hydrogen-bond donors (Lipinski definition) is 0. The Balaban J connectivity index is 1.27. The number of alkyl halides is 2. The van der Waals surface area contributed by atoms with Gasteiger partial charge in [0.2, 0.25) is 0 Å². The highest BCUT2D eigenvalue weighted by molar-refractivity contribution is 5.56. The summed E-state index contributed by atoms with van der Waals surface area (Å²) in [6.45, 7) is 1.55. The van der Waals surface area contributed by atoms with Gasteiger partial charge in [0, 0.05) is 38.3 Å². The average Bonchev–Trinajstić information content (AvgIpc) is 3.01. The highest BCUT2D eigenvalue weighted by atomic mass is 19.3. The van der Waals surface area contributed by atoms with Gasteiger partial charge in [-0.05, 0) is 6.07 Å². The van der Waals surface area contributed by atoms with E-state index in [9.17, 15) is 13.6 Å². The SMILES string of the molecule is O=c1ccccn1CCn1cc(-c2cncc(N3CC4(C3)CC4(F)F)n2)nn1. The standard InChI is InChI=1S/C18H17F2N7O/c19-18(20)10-17(18)11-26(12-17)15-8-21-7-13(22-15)14-9-27(24-23-14)6-5-25-4-2-1-3-16(25)28/h1-4,7-9H,5-6,10-12H2. The number of nitrogens with zero attached hydrogens (tertiary/aromatic N) is 7. The van der Waals surface area contributed by atoms with Crippen molar-refractivity contribution in [1.82, 2.24) is 29.5 Å². The highest BCUT2D eigenvalue weighted by Gasteiger charge is 2.76. The van der Waals surface area contributed by atoms with Crippen molar-refractivity contribution in [2.24, 2.45) is 5.41 Å². The summed E-state index contributed by atoms with van der Waals surface area (Å²) >= 11 is 0. The summed E-state index contributed by atoms with van der Waals surface area (Å²) in [5.41, 5.74) is 0.143. The van der Waals surface area contributed by atoms with Gasteiger partial charge in [-0.1, -0.05) is 11.3 Å². The molecule has 8 nitrogen and oxygen atoms in total. The minimum Gasteiger partial charge on any atom is -0.354 e. The van der Waals surface area contributed by atoms with Gasteiger partial charge in [0.05, 0.1) is 30.6 Å². The zero-order valence-corrected chi connectivity index (χ0v) is 14.9. The first-order chi connectivity index (χ1) is 13.5. The van der Waals surface area contributed by atoms with E-state index in [1.165, 1.54) is 6.07 Å². The minimum atomic E-state index is -2.54. The van der Waals surface area contributed by atoms with Crippen molar-refractivity contribution < 1.29 is 8.78 Å². The summed E-state index contributed by atoms with van der Waals surface area (Å²) in [4.78, 5) is 22.2. The largest absolute Gasteiger partial charge is 0.354 e. The lowest BCUT2D eigenvalue weighted by atomic mass is 9.96. The molecular formula is C18H17F2N7O. The second-order valence-corrected chi connectivity index (χ2v) is 7.38. The van der Waals surface area contributed by atoms with Crippen molar-refractivity contribution in [3.8, 4) is 11.4 Å². The minimum absolute atomic E-state index is 0.0392. The molecule has 3 aromatic heterocycles. The van der Waals surface area contributed by atoms with Gasteiger partial charge in [0.1, 0.15) is 17.2 Å². The van der Waals surface area contributed by atoms with Gasteiger partial charge in [0.25, 0.3) is 11.5 Å². The number of pyridine rings is 1. The van der Waals surface area contributed by atoms with Crippen LogP contribution in [-0.2, 0) is 13.1 Å². The Morgan fingerprint density at radius 3 is 2.68 bits per heavy atom. The van der Waals surface area contributed by atoms with E-state index >= 15 is 0 Å². The molecule has 5 rings (SSSR count). The lowest BCUT2D eigenvalue weighted by molar-refractivity contribution is 0.0518. The summed E-state index contributed by atoms with van der Waals surface area (Å²) < 4.78 is 30.0. The lowest BCUT2D eigenvalue weighted by Crippen LogP contribution is -2.51. The Hall–Kier alpha value is -3.17. The summed E-state index contributed by atoms with van der Waals surface area (Å²) in [5.74, 6) is -1.98. The topological polar surface area (TPSA) is 81.7 Å². The fourth-order valence-electron chi connectivity index (χ4n) is 3.58. The van der Waals surface area contributed by atoms with Crippen LogP contribution in [-0.4, -0.2) is 48.5 Å². The molecule has 0 unspecified atom stereocenters. The van der Waals surface area contributed by atoms with Crippen molar-refractivity contribution in [3.63, 3.8) is 0 Å². The van der Waals surface area contributed by atoms with E-state index < -0.39 is 11.3 Å². The Bertz CT molecular complexity index is 1090. The number of aromatic nitrogens is 6. The molecule has 2 fully saturated rings. The van der Waals surface area contributed by atoms with Crippen LogP contribution in [0.3, 0.4) is 0 Å². The van der Waals surface area contributed by atoms with Crippen LogP contribution in [0.2, 0.25) is 0 Å². The third-order valence-electron chi connectivity index (χ3n) is 5.41. The molecule has 28 heavy (non-hydrogen) atoms. The Labute approximate surface area is 158 Å². The predicted molar refractivity (Wildman–Crippen MR) is 96.0 cm³/mol. The molecular weight excluding hydrogens is 368 g/mol. The van der Waals surface area contributed by atoms with Gasteiger partial charge in [-0.3, -0.25) is 14.5 Å². The fourth-order valence-corrected chi connectivity index (χ4v) is 3.58. The maximum absolute atomic E-state index is 13.4. The molecule has 3 aromatic rings. The van der Waals surface area contributed by atoms with Crippen LogP contribution in [0, 0.1) is 5.41 Å². The molecule has 2 aliphatic rings. The number of halogens is 2. The lowest BCUT2D eigenvalue weighted by Gasteiger charge is -2.40. The molecule has 1 saturated heterocycles. The summed E-state index contributed by atoms with van der Waals surface area (Å²) in [7, 11) is 0. The molecule has 0 aromatic carbocycles. The second-order valence-electron chi connectivity index (χ2n) is 7.38. The van der Waals surface area contributed by atoms with Crippen LogP contribution in [0.25, 0.3) is 11.4 Å². The van der Waals surface area contributed by atoms with E-state index in [0.29, 0.717) is 43.4 Å². The molecule has 1 spiro atoms. The normalized spacial score (nSPS) is 18.9. The maximum atomic E-state index is 13.4. The fraction of sp³-hybridized carbons (Fsp3) is 0.389. The molecule has 1 saturated carbocycles. The van der Waals surface area contributed by atoms with Gasteiger partial charge in [-0.25, -0.2) is 13.8 Å². The zero-order valence-electron chi connectivity index (χ0n) is 14.9. The van der Waals surface area contributed by atoms with Crippen LogP contribution in [0.5, 0.6) is 0 Å². The van der Waals surface area contributed by atoms with Gasteiger partial charge in [-0.15, -0.1) is 5.10 Å². The van der Waals surface area contributed by atoms with Crippen LogP contribution in [0.4, 0.5) is 14.6 Å². The molecule has 0 radical (unpaired) electrons. The van der Waals surface area contributed by atoms with Crippen molar-refractivity contribution in [2.45, 2.75) is 25.4 Å². The summed E-state index contributed by atoms with van der Waals surface area (Å²) in [6, 6.07) is 5.00. The second kappa shape index (κ2) is 5.91. The summed E-state index contributed by atoms with van der Waals surface area (Å²) in [6.07, 6.45) is 6.55. The van der Waals surface area contributed by atoms with E-state index in [1.807, 2.05) is 4.90 Å². The number of aryl methyl sites for hydroxylation is 2. The van der Waals surface area contributed by atoms with E-state index in [1.54, 1.807) is 46.2 Å². The first-order valence-corrected chi connectivity index (χ1v) is 8.97. The Morgan fingerprint density at radius 2 is 1.93 bits per heavy atom. The van der Waals surface area contributed by atoms with Gasteiger partial charge >= 0.3 is 0 Å². The number of anilines is 1. The summed E-state index contributed by atoms with van der Waals surface area (Å²) in [5, 5.41) is 8.18. The van der Waals surface area contributed by atoms with Crippen molar-refractivity contribution >= 4 is 5.82 Å².